The maximum absolute atomic E-state index is 13.7. The number of rotatable bonds is 3. The molecule has 0 fully saturated rings. The molecule has 2 N–H and O–H groups in total. The van der Waals surface area contributed by atoms with Crippen molar-refractivity contribution < 1.29 is 41.8 Å². The van der Waals surface area contributed by atoms with Crippen molar-refractivity contribution in [3.05, 3.63) is 58.4 Å². The average Bonchev–Trinajstić information content (AvgIpc) is 2.50. The summed E-state index contributed by atoms with van der Waals surface area (Å²) in [5, 5.41) is 17.7. The smallest absolute Gasteiger partial charge is 0.335 e. The van der Waals surface area contributed by atoms with Crippen LogP contribution in [0, 0.1) is 29.1 Å². The second-order valence-corrected chi connectivity index (χ2v) is 4.35. The lowest BCUT2D eigenvalue weighted by Crippen LogP contribution is -2.07. The van der Waals surface area contributed by atoms with E-state index in [4.69, 9.17) is 10.2 Å². The molecule has 2 aromatic rings. The van der Waals surface area contributed by atoms with Gasteiger partial charge in [0.2, 0.25) is 5.82 Å². The third-order valence-corrected chi connectivity index (χ3v) is 2.93. The zero-order chi connectivity index (χ0) is 17.5. The number of hydrogen-bond donors (Lipinski definition) is 2. The second-order valence-electron chi connectivity index (χ2n) is 4.35. The summed E-state index contributed by atoms with van der Waals surface area (Å²) >= 11 is 0. The minimum atomic E-state index is -2.38. The molecule has 0 aromatic heterocycles. The topological polar surface area (TPSA) is 74.6 Å². The first-order valence-electron chi connectivity index (χ1n) is 5.78. The van der Waals surface area contributed by atoms with Crippen LogP contribution in [-0.2, 0) is 0 Å². The van der Waals surface area contributed by atoms with Gasteiger partial charge in [0.05, 0.1) is 16.7 Å². The van der Waals surface area contributed by atoms with Crippen molar-refractivity contribution in [2.45, 2.75) is 0 Å². The third-order valence-electron chi connectivity index (χ3n) is 2.93. The predicted molar refractivity (Wildman–Crippen MR) is 65.6 cm³/mol. The van der Waals surface area contributed by atoms with Gasteiger partial charge in [0.15, 0.2) is 23.3 Å². The zero-order valence-electron chi connectivity index (χ0n) is 10.8. The molecular weight excluding hydrogens is 327 g/mol. The third kappa shape index (κ3) is 2.72. The van der Waals surface area contributed by atoms with Gasteiger partial charge in [-0.15, -0.1) is 0 Å². The van der Waals surface area contributed by atoms with E-state index in [0.717, 1.165) is 0 Å². The standard InChI is InChI=1S/C14H5F5O4/c15-8-7(9(16)11(18)12(19)10(8)17)4-1-5(13(20)21)3-6(2-4)14(22)23/h1-3H,(H,20,21)(H,22,23). The van der Waals surface area contributed by atoms with Gasteiger partial charge in [0.25, 0.3) is 0 Å². The highest BCUT2D eigenvalue weighted by Gasteiger charge is 2.27. The van der Waals surface area contributed by atoms with Crippen LogP contribution in [0.1, 0.15) is 20.7 Å². The van der Waals surface area contributed by atoms with Crippen molar-refractivity contribution in [2.75, 3.05) is 0 Å². The van der Waals surface area contributed by atoms with Crippen molar-refractivity contribution in [2.24, 2.45) is 0 Å². The fourth-order valence-electron chi connectivity index (χ4n) is 1.88. The summed E-state index contributed by atoms with van der Waals surface area (Å²) in [6.45, 7) is 0. The normalized spacial score (nSPS) is 10.7. The lowest BCUT2D eigenvalue weighted by molar-refractivity contribution is 0.0696. The van der Waals surface area contributed by atoms with Gasteiger partial charge in [-0.1, -0.05) is 0 Å². The summed E-state index contributed by atoms with van der Waals surface area (Å²) < 4.78 is 66.9. The summed E-state index contributed by atoms with van der Waals surface area (Å²) in [4.78, 5) is 21.9. The van der Waals surface area contributed by atoms with Crippen molar-refractivity contribution in [3.8, 4) is 11.1 Å². The van der Waals surface area contributed by atoms with E-state index in [2.05, 4.69) is 0 Å². The number of carbonyl (C=O) groups is 2. The van der Waals surface area contributed by atoms with E-state index < -0.39 is 63.3 Å². The van der Waals surface area contributed by atoms with Gasteiger partial charge in [-0.3, -0.25) is 0 Å². The highest BCUT2D eigenvalue weighted by atomic mass is 19.2. The van der Waals surface area contributed by atoms with Gasteiger partial charge in [0, 0.05) is 0 Å². The minimum Gasteiger partial charge on any atom is -0.478 e. The van der Waals surface area contributed by atoms with Crippen molar-refractivity contribution in [1.82, 2.24) is 0 Å². The molecule has 0 atom stereocenters. The van der Waals surface area contributed by atoms with Crippen LogP contribution in [-0.4, -0.2) is 22.2 Å². The number of aromatic carboxylic acids is 2. The van der Waals surface area contributed by atoms with Gasteiger partial charge in [-0.2, -0.15) is 0 Å². The molecule has 0 heterocycles. The summed E-state index contributed by atoms with van der Waals surface area (Å²) in [5.41, 5.74) is -3.56. The number of hydrogen-bond acceptors (Lipinski definition) is 2. The molecule has 120 valence electrons. The first kappa shape index (κ1) is 16.4. The van der Waals surface area contributed by atoms with Crippen LogP contribution in [0.5, 0.6) is 0 Å². The molecule has 0 radical (unpaired) electrons. The molecule has 0 aliphatic heterocycles. The maximum Gasteiger partial charge on any atom is 0.335 e. The molecule has 9 heteroatoms. The molecule has 2 aromatic carbocycles. The van der Waals surface area contributed by atoms with E-state index in [1.807, 2.05) is 0 Å². The van der Waals surface area contributed by atoms with Crippen LogP contribution in [0.2, 0.25) is 0 Å². The largest absolute Gasteiger partial charge is 0.478 e. The Bertz CT molecular complexity index is 786. The Labute approximate surface area is 124 Å². The van der Waals surface area contributed by atoms with E-state index in [1.165, 1.54) is 0 Å². The van der Waals surface area contributed by atoms with Crippen molar-refractivity contribution in [1.29, 1.82) is 0 Å². The molecular formula is C14H5F5O4. The molecule has 0 amide bonds. The van der Waals surface area contributed by atoms with Crippen molar-refractivity contribution >= 4 is 11.9 Å². The van der Waals surface area contributed by atoms with Crippen molar-refractivity contribution in [3.63, 3.8) is 0 Å². The lowest BCUT2D eigenvalue weighted by Gasteiger charge is -2.10. The van der Waals surface area contributed by atoms with Crippen LogP contribution < -0.4 is 0 Å². The Morgan fingerprint density at radius 3 is 1.35 bits per heavy atom. The summed E-state index contributed by atoms with van der Waals surface area (Å²) in [7, 11) is 0. The van der Waals surface area contributed by atoms with Gasteiger partial charge in [-0.25, -0.2) is 31.5 Å². The monoisotopic (exact) mass is 332 g/mol. The van der Waals surface area contributed by atoms with Gasteiger partial charge in [0.1, 0.15) is 0 Å². The van der Waals surface area contributed by atoms with Crippen LogP contribution in [0.4, 0.5) is 22.0 Å². The van der Waals surface area contributed by atoms with E-state index in [-0.39, 0.29) is 0 Å². The maximum atomic E-state index is 13.7. The Morgan fingerprint density at radius 1 is 0.652 bits per heavy atom. The Morgan fingerprint density at radius 2 is 1.00 bits per heavy atom. The van der Waals surface area contributed by atoms with Crippen LogP contribution in [0.25, 0.3) is 11.1 Å². The molecule has 0 aliphatic rings. The van der Waals surface area contributed by atoms with Crippen LogP contribution in [0.15, 0.2) is 18.2 Å². The molecule has 0 spiro atoms. The quantitative estimate of drug-likeness (QED) is 0.513. The van der Waals surface area contributed by atoms with E-state index >= 15 is 0 Å². The van der Waals surface area contributed by atoms with Gasteiger partial charge >= 0.3 is 11.9 Å². The van der Waals surface area contributed by atoms with E-state index in [9.17, 15) is 31.5 Å². The van der Waals surface area contributed by atoms with E-state index in [1.54, 1.807) is 0 Å². The number of benzene rings is 2. The molecule has 0 saturated heterocycles. The number of halogens is 5. The summed E-state index contributed by atoms with van der Waals surface area (Å²) in [6.07, 6.45) is 0. The fraction of sp³-hybridized carbons (Fsp3) is 0. The lowest BCUT2D eigenvalue weighted by atomic mass is 9.98. The first-order valence-corrected chi connectivity index (χ1v) is 5.78. The van der Waals surface area contributed by atoms with Crippen LogP contribution >= 0.6 is 0 Å². The SMILES string of the molecule is O=C(O)c1cc(C(=O)O)cc(-c2c(F)c(F)c(F)c(F)c2F)c1. The summed E-state index contributed by atoms with van der Waals surface area (Å²) in [5.74, 6) is -14.5. The molecule has 0 bridgehead atoms. The molecule has 23 heavy (non-hydrogen) atoms. The molecule has 0 unspecified atom stereocenters. The molecule has 4 nitrogen and oxygen atoms in total. The fourth-order valence-corrected chi connectivity index (χ4v) is 1.88. The molecule has 0 aliphatic carbocycles. The van der Waals surface area contributed by atoms with E-state index in [0.29, 0.717) is 18.2 Å². The Hall–Kier alpha value is -2.97. The van der Waals surface area contributed by atoms with Gasteiger partial charge < -0.3 is 10.2 Å². The van der Waals surface area contributed by atoms with Gasteiger partial charge in [-0.05, 0) is 23.8 Å². The number of carboxylic acid groups (broad SMARTS) is 2. The minimum absolute atomic E-state index is 0.604. The first-order chi connectivity index (χ1) is 10.6. The summed E-state index contributed by atoms with van der Waals surface area (Å²) in [6, 6.07) is 1.89. The molecule has 0 saturated carbocycles. The highest BCUT2D eigenvalue weighted by Crippen LogP contribution is 2.32. The Kier molecular flexibility index (Phi) is 4.04. The average molecular weight is 332 g/mol. The second kappa shape index (κ2) is 5.67. The number of carboxylic acids is 2. The predicted octanol–water partition coefficient (Wildman–Crippen LogP) is 3.45. The Balaban J connectivity index is 2.87. The molecule has 2 rings (SSSR count). The zero-order valence-corrected chi connectivity index (χ0v) is 10.8. The van der Waals surface area contributed by atoms with Crippen LogP contribution in [0.3, 0.4) is 0 Å². The highest BCUT2D eigenvalue weighted by molar-refractivity contribution is 5.96.